The van der Waals surface area contributed by atoms with Gasteiger partial charge < -0.3 is 4.74 Å². The lowest BCUT2D eigenvalue weighted by molar-refractivity contribution is 0.156. The zero-order chi connectivity index (χ0) is 31.8. The maximum absolute atomic E-state index is 15.0. The average molecular weight is 639 g/mol. The first kappa shape index (κ1) is 31.9. The van der Waals surface area contributed by atoms with Gasteiger partial charge in [-0.15, -0.1) is 0 Å². The molecule has 4 rings (SSSR count). The summed E-state index contributed by atoms with van der Waals surface area (Å²) in [4.78, 5) is -3.23. The van der Waals surface area contributed by atoms with Crippen molar-refractivity contribution >= 4 is 16.1 Å². The maximum Gasteiger partial charge on any atom is 0.315 e. The van der Waals surface area contributed by atoms with E-state index in [1.807, 2.05) is 0 Å². The van der Waals surface area contributed by atoms with Crippen LogP contribution in [0.5, 0.6) is 0 Å². The maximum atomic E-state index is 15.0. The SMILES string of the molecule is CCO/C(F)=C(\F)c1ccc(-c2ccc(-c3ccc(CCc4cc(F)c(S(F)(F)(F)(F)F)c(F)c4)c(F)c3)c(F)c2)cc1. The molecule has 4 aromatic rings. The zero-order valence-electron chi connectivity index (χ0n) is 22.0. The van der Waals surface area contributed by atoms with Crippen LogP contribution in [0.15, 0.2) is 83.7 Å². The summed E-state index contributed by atoms with van der Waals surface area (Å²) in [6.07, 6.45) is -0.646. The van der Waals surface area contributed by atoms with Gasteiger partial charge in [-0.1, -0.05) is 68.0 Å². The number of rotatable bonds is 9. The molecule has 0 saturated carbocycles. The predicted molar refractivity (Wildman–Crippen MR) is 143 cm³/mol. The van der Waals surface area contributed by atoms with Crippen LogP contribution in [0.1, 0.15) is 23.6 Å². The van der Waals surface area contributed by atoms with E-state index >= 15 is 4.39 Å². The van der Waals surface area contributed by atoms with Crippen molar-refractivity contribution in [3.05, 3.63) is 119 Å². The lowest BCUT2D eigenvalue weighted by Crippen LogP contribution is -2.12. The Morgan fingerprint density at radius 1 is 0.628 bits per heavy atom. The molecule has 0 bridgehead atoms. The highest BCUT2D eigenvalue weighted by atomic mass is 32.5. The second-order valence-corrected chi connectivity index (χ2v) is 11.8. The first-order valence-electron chi connectivity index (χ1n) is 12.5. The Bertz CT molecular complexity index is 1690. The van der Waals surface area contributed by atoms with Crippen LogP contribution in [0.4, 0.5) is 45.8 Å². The third-order valence-electron chi connectivity index (χ3n) is 6.38. The van der Waals surface area contributed by atoms with Gasteiger partial charge in [0.05, 0.1) is 6.61 Å². The molecular formula is C30H21F11OS. The fourth-order valence-corrected chi connectivity index (χ4v) is 5.22. The monoisotopic (exact) mass is 638 g/mol. The Labute approximate surface area is 239 Å². The van der Waals surface area contributed by atoms with Crippen molar-refractivity contribution < 1.29 is 50.5 Å². The third kappa shape index (κ3) is 7.32. The van der Waals surface area contributed by atoms with E-state index in [0.717, 1.165) is 12.1 Å². The first-order chi connectivity index (χ1) is 19.9. The van der Waals surface area contributed by atoms with Crippen LogP contribution in [0.2, 0.25) is 0 Å². The molecule has 0 spiro atoms. The minimum absolute atomic E-state index is 0.00862. The summed E-state index contributed by atoms with van der Waals surface area (Å²) >= 11 is 0. The number of aryl methyl sites for hydroxylation is 2. The number of hydrogen-bond acceptors (Lipinski definition) is 1. The van der Waals surface area contributed by atoms with Crippen molar-refractivity contribution in [1.29, 1.82) is 0 Å². The molecule has 43 heavy (non-hydrogen) atoms. The summed E-state index contributed by atoms with van der Waals surface area (Å²) in [6, 6.07) is 12.0. The second-order valence-electron chi connectivity index (χ2n) is 9.46. The van der Waals surface area contributed by atoms with Gasteiger partial charge in [-0.05, 0) is 71.8 Å². The van der Waals surface area contributed by atoms with E-state index in [0.29, 0.717) is 11.1 Å². The molecule has 0 aliphatic heterocycles. The van der Waals surface area contributed by atoms with Crippen LogP contribution in [0.3, 0.4) is 0 Å². The molecule has 13 heteroatoms. The standard InChI is InChI=1S/C30H21F11OS/c1-2-42-30(36)28(35)20-8-5-18(6-9-20)21-11-12-23(25(32)15-21)22-10-7-19(24(31)16-22)4-3-17-13-26(33)29(27(34)14-17)43(37,38,39,40)41/h5-16H,2-4H2,1H3/b30-28-. The van der Waals surface area contributed by atoms with Crippen molar-refractivity contribution in [3.8, 4) is 22.3 Å². The van der Waals surface area contributed by atoms with Crippen molar-refractivity contribution in [2.75, 3.05) is 6.61 Å². The van der Waals surface area contributed by atoms with Crippen LogP contribution in [0.25, 0.3) is 28.1 Å². The highest BCUT2D eigenvalue weighted by molar-refractivity contribution is 8.45. The van der Waals surface area contributed by atoms with Crippen LogP contribution in [0, 0.1) is 23.3 Å². The van der Waals surface area contributed by atoms with E-state index in [2.05, 4.69) is 4.74 Å². The van der Waals surface area contributed by atoms with Crippen LogP contribution < -0.4 is 0 Å². The largest absolute Gasteiger partial charge is 0.469 e. The summed E-state index contributed by atoms with van der Waals surface area (Å²) in [5.74, 6) is -7.73. The molecule has 0 saturated heterocycles. The van der Waals surface area contributed by atoms with Gasteiger partial charge in [0.25, 0.3) is 0 Å². The van der Waals surface area contributed by atoms with Crippen molar-refractivity contribution in [1.82, 2.24) is 0 Å². The van der Waals surface area contributed by atoms with Crippen LogP contribution >= 0.6 is 10.2 Å². The van der Waals surface area contributed by atoms with Gasteiger partial charge in [-0.2, -0.15) is 8.78 Å². The quantitative estimate of drug-likeness (QED) is 0.131. The summed E-state index contributed by atoms with van der Waals surface area (Å²) in [5.41, 5.74) is 0.471. The molecule has 0 heterocycles. The van der Waals surface area contributed by atoms with E-state index in [4.69, 9.17) is 0 Å². The summed E-state index contributed by atoms with van der Waals surface area (Å²) in [5, 5.41) is 0. The second kappa shape index (κ2) is 10.9. The van der Waals surface area contributed by atoms with Gasteiger partial charge in [-0.3, -0.25) is 0 Å². The highest BCUT2D eigenvalue weighted by Gasteiger charge is 2.68. The minimum Gasteiger partial charge on any atom is -0.469 e. The lowest BCUT2D eigenvalue weighted by atomic mass is 9.97. The van der Waals surface area contributed by atoms with E-state index < -0.39 is 55.8 Å². The van der Waals surface area contributed by atoms with Crippen LogP contribution in [-0.4, -0.2) is 6.61 Å². The predicted octanol–water partition coefficient (Wildman–Crippen LogP) is 11.6. The topological polar surface area (TPSA) is 9.23 Å². The van der Waals surface area contributed by atoms with Crippen LogP contribution in [-0.2, 0) is 17.6 Å². The molecule has 0 N–H and O–H groups in total. The molecule has 0 aliphatic carbocycles. The molecule has 230 valence electrons. The molecule has 0 aromatic heterocycles. The Morgan fingerprint density at radius 3 is 1.72 bits per heavy atom. The average Bonchev–Trinajstić information content (AvgIpc) is 2.90. The molecular weight excluding hydrogens is 617 g/mol. The molecule has 0 unspecified atom stereocenters. The van der Waals surface area contributed by atoms with Crippen molar-refractivity contribution in [3.63, 3.8) is 0 Å². The zero-order valence-corrected chi connectivity index (χ0v) is 22.8. The third-order valence-corrected chi connectivity index (χ3v) is 7.54. The molecule has 0 amide bonds. The summed E-state index contributed by atoms with van der Waals surface area (Å²) < 4.78 is 154. The highest BCUT2D eigenvalue weighted by Crippen LogP contribution is 3.02. The van der Waals surface area contributed by atoms with E-state index in [1.54, 1.807) is 0 Å². The van der Waals surface area contributed by atoms with Gasteiger partial charge in [0.1, 0.15) is 23.3 Å². The van der Waals surface area contributed by atoms with Gasteiger partial charge in [-0.25, -0.2) is 17.6 Å². The number of ether oxygens (including phenoxy) is 1. The molecule has 0 fully saturated rings. The Balaban J connectivity index is 1.51. The Hall–Kier alpha value is -4.00. The summed E-state index contributed by atoms with van der Waals surface area (Å²) in [7, 11) is -10.6. The van der Waals surface area contributed by atoms with E-state index in [9.17, 15) is 41.4 Å². The number of halogens is 11. The van der Waals surface area contributed by atoms with Gasteiger partial charge in [0.2, 0.25) is 5.83 Å². The van der Waals surface area contributed by atoms with Crippen molar-refractivity contribution in [2.24, 2.45) is 0 Å². The van der Waals surface area contributed by atoms with Crippen molar-refractivity contribution in [2.45, 2.75) is 24.7 Å². The molecule has 0 aliphatic rings. The fourth-order valence-electron chi connectivity index (χ4n) is 4.36. The summed E-state index contributed by atoms with van der Waals surface area (Å²) in [6.45, 7) is 1.43. The van der Waals surface area contributed by atoms with E-state index in [1.165, 1.54) is 55.5 Å². The van der Waals surface area contributed by atoms with E-state index in [-0.39, 0.29) is 53.8 Å². The fraction of sp³-hybridized carbons (Fsp3) is 0.133. The normalized spacial score (nSPS) is 14.1. The smallest absolute Gasteiger partial charge is 0.315 e. The Kier molecular flexibility index (Phi) is 8.11. The number of hydrogen-bond donors (Lipinski definition) is 0. The molecule has 0 radical (unpaired) electrons. The van der Waals surface area contributed by atoms with Gasteiger partial charge in [0.15, 0.2) is 4.90 Å². The van der Waals surface area contributed by atoms with Gasteiger partial charge >= 0.3 is 16.2 Å². The lowest BCUT2D eigenvalue weighted by Gasteiger charge is -2.40. The first-order valence-corrected chi connectivity index (χ1v) is 14.4. The molecule has 0 atom stereocenters. The van der Waals surface area contributed by atoms with Gasteiger partial charge in [0, 0.05) is 11.1 Å². The number of benzene rings is 4. The molecule has 4 aromatic carbocycles. The minimum atomic E-state index is -10.6. The Morgan fingerprint density at radius 2 is 1.19 bits per heavy atom. The molecule has 1 nitrogen and oxygen atoms in total.